The highest BCUT2D eigenvalue weighted by Crippen LogP contribution is 2.37. The average molecular weight is 355 g/mol. The average Bonchev–Trinajstić information content (AvgIpc) is 2.61. The number of alkyl halides is 3. The van der Waals surface area contributed by atoms with E-state index in [4.69, 9.17) is 23.2 Å². The maximum Gasteiger partial charge on any atom is 0.471 e. The number of amides is 1. The third-order valence-electron chi connectivity index (χ3n) is 2.57. The number of aromatic nitrogens is 1. The molecular formula is C12H7Cl2F3N2O3. The fraction of sp³-hybridized carbons (Fsp3) is 0.0833. The summed E-state index contributed by atoms with van der Waals surface area (Å²) in [5, 5.41) is 21.4. The van der Waals surface area contributed by atoms with Gasteiger partial charge in [-0.3, -0.25) is 4.79 Å². The van der Waals surface area contributed by atoms with Gasteiger partial charge in [0.25, 0.3) is 0 Å². The van der Waals surface area contributed by atoms with Gasteiger partial charge in [0.1, 0.15) is 5.69 Å². The zero-order valence-corrected chi connectivity index (χ0v) is 12.0. The van der Waals surface area contributed by atoms with Crippen LogP contribution >= 0.6 is 23.2 Å². The molecule has 0 fully saturated rings. The fourth-order valence-corrected chi connectivity index (χ4v) is 2.21. The first-order valence-corrected chi connectivity index (χ1v) is 6.33. The Bertz CT molecular complexity index is 724. The molecule has 1 heterocycles. The topological polar surface area (TPSA) is 74.5 Å². The Morgan fingerprint density at radius 2 is 1.64 bits per heavy atom. The van der Waals surface area contributed by atoms with Crippen molar-refractivity contribution < 1.29 is 28.2 Å². The molecule has 1 aromatic heterocycles. The Morgan fingerprint density at radius 1 is 1.09 bits per heavy atom. The molecule has 0 bridgehead atoms. The molecule has 0 aliphatic carbocycles. The highest BCUT2D eigenvalue weighted by Gasteiger charge is 2.39. The van der Waals surface area contributed by atoms with Crippen LogP contribution < -0.4 is 5.32 Å². The number of benzene rings is 1. The Kier molecular flexibility index (Phi) is 4.17. The van der Waals surface area contributed by atoms with Crippen molar-refractivity contribution >= 4 is 34.8 Å². The van der Waals surface area contributed by atoms with E-state index in [1.807, 2.05) is 0 Å². The lowest BCUT2D eigenvalue weighted by Gasteiger charge is -2.09. The largest absolute Gasteiger partial charge is 0.494 e. The number of hydrogen-bond acceptors (Lipinski definition) is 3. The molecule has 2 rings (SSSR count). The third kappa shape index (κ3) is 3.23. The summed E-state index contributed by atoms with van der Waals surface area (Å²) in [5.41, 5.74) is -0.518. The molecule has 0 radical (unpaired) electrons. The molecule has 2 aromatic rings. The predicted molar refractivity (Wildman–Crippen MR) is 73.8 cm³/mol. The minimum absolute atomic E-state index is 0.0972. The quantitative estimate of drug-likeness (QED) is 0.769. The number of anilines is 1. The molecule has 0 atom stereocenters. The number of hydrogen-bond donors (Lipinski definition) is 3. The van der Waals surface area contributed by atoms with Crippen LogP contribution in [0.25, 0.3) is 5.69 Å². The lowest BCUT2D eigenvalue weighted by atomic mass is 10.3. The van der Waals surface area contributed by atoms with Crippen molar-refractivity contribution in [2.75, 3.05) is 5.32 Å². The van der Waals surface area contributed by atoms with Gasteiger partial charge in [-0.1, -0.05) is 23.2 Å². The Labute approximate surface area is 131 Å². The molecule has 10 heteroatoms. The van der Waals surface area contributed by atoms with E-state index < -0.39 is 29.5 Å². The summed E-state index contributed by atoms with van der Waals surface area (Å²) in [4.78, 5) is 10.9. The molecule has 118 valence electrons. The molecule has 1 aromatic carbocycles. The summed E-state index contributed by atoms with van der Waals surface area (Å²) in [6.45, 7) is 0. The highest BCUT2D eigenvalue weighted by molar-refractivity contribution is 6.34. The van der Waals surface area contributed by atoms with Gasteiger partial charge in [-0.2, -0.15) is 13.2 Å². The number of nitrogens with one attached hydrogen (secondary N) is 1. The molecule has 3 N–H and O–H groups in total. The van der Waals surface area contributed by atoms with E-state index in [1.165, 1.54) is 23.5 Å². The monoisotopic (exact) mass is 354 g/mol. The van der Waals surface area contributed by atoms with E-state index in [1.54, 1.807) is 0 Å². The van der Waals surface area contributed by atoms with Gasteiger partial charge in [-0.15, -0.1) is 0 Å². The van der Waals surface area contributed by atoms with Gasteiger partial charge in [0.05, 0.1) is 5.69 Å². The molecule has 0 spiro atoms. The molecule has 1 amide bonds. The zero-order chi connectivity index (χ0) is 16.7. The van der Waals surface area contributed by atoms with Gasteiger partial charge >= 0.3 is 12.1 Å². The van der Waals surface area contributed by atoms with Crippen molar-refractivity contribution in [1.82, 2.24) is 4.57 Å². The summed E-state index contributed by atoms with van der Waals surface area (Å²) in [6, 6.07) is 4.76. The van der Waals surface area contributed by atoms with Crippen LogP contribution in [0.1, 0.15) is 0 Å². The number of aromatic hydroxyl groups is 2. The molecule has 0 saturated heterocycles. The van der Waals surface area contributed by atoms with E-state index in [9.17, 15) is 28.2 Å². The standard InChI is InChI=1S/C12H7Cl2F3N2O3/c13-5-1-6(14)3-7(2-5)19-9(20)4-8(10(19)21)18-11(22)12(15,16)17/h1-4,20-21H,(H,18,22). The number of halogens is 5. The summed E-state index contributed by atoms with van der Waals surface area (Å²) >= 11 is 11.6. The van der Waals surface area contributed by atoms with Crippen LogP contribution in [0.15, 0.2) is 24.3 Å². The molecule has 5 nitrogen and oxygen atoms in total. The van der Waals surface area contributed by atoms with E-state index in [0.717, 1.165) is 10.6 Å². The summed E-state index contributed by atoms with van der Waals surface area (Å²) in [6.07, 6.45) is -5.14. The molecule has 22 heavy (non-hydrogen) atoms. The smallest absolute Gasteiger partial charge is 0.471 e. The number of carbonyl (C=O) groups excluding carboxylic acids is 1. The van der Waals surface area contributed by atoms with Crippen molar-refractivity contribution in [1.29, 1.82) is 0 Å². The van der Waals surface area contributed by atoms with Crippen molar-refractivity contribution in [3.05, 3.63) is 34.3 Å². The van der Waals surface area contributed by atoms with Crippen molar-refractivity contribution in [3.8, 4) is 17.4 Å². The fourth-order valence-electron chi connectivity index (χ4n) is 1.70. The lowest BCUT2D eigenvalue weighted by molar-refractivity contribution is -0.167. The van der Waals surface area contributed by atoms with Crippen LogP contribution in [0.4, 0.5) is 18.9 Å². The van der Waals surface area contributed by atoms with Gasteiger partial charge < -0.3 is 15.5 Å². The van der Waals surface area contributed by atoms with Gasteiger partial charge in [0.15, 0.2) is 0 Å². The van der Waals surface area contributed by atoms with E-state index in [2.05, 4.69) is 0 Å². The van der Waals surface area contributed by atoms with Crippen LogP contribution in [0.5, 0.6) is 11.8 Å². The second-order valence-corrected chi connectivity index (χ2v) is 5.03. The molecule has 0 aliphatic rings. The summed E-state index contributed by atoms with van der Waals surface area (Å²) in [7, 11) is 0. The molecule has 0 unspecified atom stereocenters. The van der Waals surface area contributed by atoms with Crippen LogP contribution in [-0.4, -0.2) is 26.9 Å². The van der Waals surface area contributed by atoms with Crippen molar-refractivity contribution in [2.45, 2.75) is 6.18 Å². The molecular weight excluding hydrogens is 348 g/mol. The zero-order valence-electron chi connectivity index (χ0n) is 10.4. The predicted octanol–water partition coefficient (Wildman–Crippen LogP) is 3.70. The normalized spacial score (nSPS) is 11.5. The van der Waals surface area contributed by atoms with E-state index in [-0.39, 0.29) is 15.7 Å². The van der Waals surface area contributed by atoms with Gasteiger partial charge in [0, 0.05) is 16.1 Å². The number of nitrogens with zero attached hydrogens (tertiary/aromatic N) is 1. The Morgan fingerprint density at radius 3 is 2.14 bits per heavy atom. The maximum absolute atomic E-state index is 12.2. The molecule has 0 aliphatic heterocycles. The second-order valence-electron chi connectivity index (χ2n) is 4.15. The second kappa shape index (κ2) is 5.62. The van der Waals surface area contributed by atoms with Gasteiger partial charge in [0.2, 0.25) is 11.8 Å². The lowest BCUT2D eigenvalue weighted by Crippen LogP contribution is -2.29. The molecule has 0 saturated carbocycles. The highest BCUT2D eigenvalue weighted by atomic mass is 35.5. The van der Waals surface area contributed by atoms with Crippen LogP contribution in [0.3, 0.4) is 0 Å². The summed E-state index contributed by atoms with van der Waals surface area (Å²) < 4.78 is 37.4. The van der Waals surface area contributed by atoms with Crippen molar-refractivity contribution in [3.63, 3.8) is 0 Å². The Hall–Kier alpha value is -2.06. The first kappa shape index (κ1) is 16.3. The van der Waals surface area contributed by atoms with Crippen LogP contribution in [0, 0.1) is 0 Å². The van der Waals surface area contributed by atoms with E-state index in [0.29, 0.717) is 0 Å². The minimum atomic E-state index is -5.14. The first-order chi connectivity index (χ1) is 10.1. The van der Waals surface area contributed by atoms with Crippen LogP contribution in [0.2, 0.25) is 10.0 Å². The number of carbonyl (C=O) groups is 1. The van der Waals surface area contributed by atoms with E-state index >= 15 is 0 Å². The number of rotatable bonds is 2. The summed E-state index contributed by atoms with van der Waals surface area (Å²) in [5.74, 6) is -3.72. The van der Waals surface area contributed by atoms with Gasteiger partial charge in [-0.25, -0.2) is 4.57 Å². The SMILES string of the molecule is O=C(Nc1cc(O)n(-c2cc(Cl)cc(Cl)c2)c1O)C(F)(F)F. The minimum Gasteiger partial charge on any atom is -0.494 e. The Balaban J connectivity index is 2.45. The maximum atomic E-state index is 12.2. The van der Waals surface area contributed by atoms with Gasteiger partial charge in [-0.05, 0) is 18.2 Å². The first-order valence-electron chi connectivity index (χ1n) is 5.58. The van der Waals surface area contributed by atoms with Crippen molar-refractivity contribution in [2.24, 2.45) is 0 Å². The van der Waals surface area contributed by atoms with Crippen LogP contribution in [-0.2, 0) is 4.79 Å². The third-order valence-corrected chi connectivity index (χ3v) is 3.00.